The molecule has 0 unspecified atom stereocenters. The zero-order valence-corrected chi connectivity index (χ0v) is 27.5. The van der Waals surface area contributed by atoms with Gasteiger partial charge in [-0.2, -0.15) is 0 Å². The molecule has 0 bridgehead atoms. The third-order valence-electron chi connectivity index (χ3n) is 11.1. The van der Waals surface area contributed by atoms with E-state index in [2.05, 4.69) is 140 Å². The van der Waals surface area contributed by atoms with Gasteiger partial charge in [0.25, 0.3) is 0 Å². The van der Waals surface area contributed by atoms with Crippen LogP contribution < -0.4 is 0 Å². The van der Waals surface area contributed by atoms with Gasteiger partial charge in [-0.1, -0.05) is 72.8 Å². The molecule has 0 spiro atoms. The summed E-state index contributed by atoms with van der Waals surface area (Å²) in [5.74, 6) is 0. The predicted molar refractivity (Wildman–Crippen MR) is 195 cm³/mol. The summed E-state index contributed by atoms with van der Waals surface area (Å²) < 4.78 is 6.47. The predicted octanol–water partition coefficient (Wildman–Crippen LogP) is 12.8. The van der Waals surface area contributed by atoms with Crippen molar-refractivity contribution >= 4 is 54.3 Å². The maximum Gasteiger partial charge on any atom is 0.136 e. The number of para-hydroxylation sites is 1. The first-order chi connectivity index (χ1) is 21.7. The quantitative estimate of drug-likeness (QED) is 0.185. The van der Waals surface area contributed by atoms with E-state index in [-0.39, 0.29) is 0 Å². The molecule has 0 aliphatic rings. The highest BCUT2D eigenvalue weighted by molar-refractivity contribution is 6.29. The second-order valence-electron chi connectivity index (χ2n) is 13.1. The van der Waals surface area contributed by atoms with Crippen LogP contribution in [0.3, 0.4) is 0 Å². The van der Waals surface area contributed by atoms with Gasteiger partial charge in [-0.15, -0.1) is 0 Å². The van der Waals surface area contributed by atoms with Crippen molar-refractivity contribution < 1.29 is 4.42 Å². The maximum absolute atomic E-state index is 6.47. The lowest BCUT2D eigenvalue weighted by Crippen LogP contribution is -2.04. The Labute approximate surface area is 265 Å². The van der Waals surface area contributed by atoms with E-state index in [4.69, 9.17) is 4.42 Å². The Morgan fingerprint density at radius 3 is 1.36 bits per heavy atom. The van der Waals surface area contributed by atoms with Crippen molar-refractivity contribution in [3.05, 3.63) is 129 Å². The second kappa shape index (κ2) is 9.81. The van der Waals surface area contributed by atoms with Gasteiger partial charge in [0.15, 0.2) is 0 Å². The topological polar surface area (TPSA) is 13.1 Å². The van der Waals surface area contributed by atoms with E-state index in [1.165, 1.54) is 110 Å². The molecule has 220 valence electrons. The van der Waals surface area contributed by atoms with E-state index >= 15 is 0 Å². The number of benzene rings is 7. The van der Waals surface area contributed by atoms with Crippen molar-refractivity contribution in [1.29, 1.82) is 0 Å². The molecule has 1 heteroatoms. The van der Waals surface area contributed by atoms with Gasteiger partial charge in [-0.3, -0.25) is 0 Å². The van der Waals surface area contributed by atoms with E-state index in [1.807, 2.05) is 0 Å². The van der Waals surface area contributed by atoms with Gasteiger partial charge in [-0.05, 0) is 167 Å². The van der Waals surface area contributed by atoms with Crippen molar-refractivity contribution in [1.82, 2.24) is 0 Å². The fourth-order valence-electron chi connectivity index (χ4n) is 8.09. The van der Waals surface area contributed by atoms with Crippen molar-refractivity contribution in [2.45, 2.75) is 55.4 Å². The Morgan fingerprint density at radius 2 is 0.756 bits per heavy atom. The molecule has 1 nitrogen and oxygen atoms in total. The monoisotopic (exact) mass is 582 g/mol. The molecule has 7 aromatic carbocycles. The second-order valence-corrected chi connectivity index (χ2v) is 13.1. The summed E-state index contributed by atoms with van der Waals surface area (Å²) in [7, 11) is 0. The summed E-state index contributed by atoms with van der Waals surface area (Å²) in [6.45, 7) is 18.6. The molecule has 0 aliphatic carbocycles. The number of furan rings is 1. The zero-order valence-electron chi connectivity index (χ0n) is 27.5. The minimum Gasteiger partial charge on any atom is -0.456 e. The Balaban J connectivity index is 1.75. The van der Waals surface area contributed by atoms with Crippen molar-refractivity contribution in [3.8, 4) is 22.3 Å². The van der Waals surface area contributed by atoms with Gasteiger partial charge in [0.1, 0.15) is 11.2 Å². The lowest BCUT2D eigenvalue weighted by Gasteiger charge is -2.27. The third-order valence-corrected chi connectivity index (χ3v) is 11.1. The van der Waals surface area contributed by atoms with E-state index in [9.17, 15) is 0 Å². The first-order valence-electron chi connectivity index (χ1n) is 16.1. The third kappa shape index (κ3) is 3.67. The molecule has 8 rings (SSSR count). The molecular formula is C44H38O. The normalized spacial score (nSPS) is 12.0. The van der Waals surface area contributed by atoms with Crippen LogP contribution in [0.25, 0.3) is 76.5 Å². The van der Waals surface area contributed by atoms with E-state index in [1.54, 1.807) is 0 Å². The maximum atomic E-state index is 6.47. The molecule has 0 radical (unpaired) electrons. The number of fused-ring (bicyclic) bond motifs is 6. The Hall–Kier alpha value is -4.88. The van der Waals surface area contributed by atoms with Gasteiger partial charge >= 0.3 is 0 Å². The smallest absolute Gasteiger partial charge is 0.136 e. The summed E-state index contributed by atoms with van der Waals surface area (Å²) >= 11 is 0. The summed E-state index contributed by atoms with van der Waals surface area (Å²) in [5, 5.41) is 10.4. The van der Waals surface area contributed by atoms with Crippen LogP contribution in [0.15, 0.2) is 89.3 Å². The molecule has 0 N–H and O–H groups in total. The lowest BCUT2D eigenvalue weighted by atomic mass is 9.76. The van der Waals surface area contributed by atoms with E-state index < -0.39 is 0 Å². The highest BCUT2D eigenvalue weighted by atomic mass is 16.3. The van der Waals surface area contributed by atoms with Crippen LogP contribution in [0, 0.1) is 55.4 Å². The standard InChI is InChI=1S/C44H38O/c1-23-25(3)29(7)40-38(27(23)5)43(33-19-13-16-31-15-9-10-17-32(31)33)39-28(6)24(2)26(4)30(8)41(39)44(40)35-20-14-22-37-42(35)34-18-11-12-21-36(34)45-37/h9-22H,1-8H3. The summed E-state index contributed by atoms with van der Waals surface area (Å²) in [5.41, 5.74) is 18.0. The molecule has 0 aliphatic heterocycles. The minimum atomic E-state index is 0.931. The van der Waals surface area contributed by atoms with Crippen LogP contribution in [0.2, 0.25) is 0 Å². The Kier molecular flexibility index (Phi) is 6.03. The molecule has 1 heterocycles. The first kappa shape index (κ1) is 27.7. The lowest BCUT2D eigenvalue weighted by molar-refractivity contribution is 0.669. The van der Waals surface area contributed by atoms with Crippen LogP contribution in [0.1, 0.15) is 44.5 Å². The van der Waals surface area contributed by atoms with Crippen LogP contribution in [0.4, 0.5) is 0 Å². The fraction of sp³-hybridized carbons (Fsp3) is 0.182. The molecule has 1 aromatic heterocycles. The molecule has 0 saturated heterocycles. The SMILES string of the molecule is Cc1c(C)c(C)c2c(-c3cccc4oc5ccccc5c34)c3c(C)c(C)c(C)c(C)c3c(-c3cccc4ccccc34)c2c1C. The highest BCUT2D eigenvalue weighted by Crippen LogP contribution is 2.53. The van der Waals surface area contributed by atoms with E-state index in [0.29, 0.717) is 0 Å². The first-order valence-corrected chi connectivity index (χ1v) is 16.1. The molecule has 0 atom stereocenters. The van der Waals surface area contributed by atoms with Gasteiger partial charge in [-0.25, -0.2) is 0 Å². The number of hydrogen-bond acceptors (Lipinski definition) is 1. The van der Waals surface area contributed by atoms with Crippen LogP contribution in [-0.4, -0.2) is 0 Å². The van der Waals surface area contributed by atoms with Crippen LogP contribution in [0.5, 0.6) is 0 Å². The highest BCUT2D eigenvalue weighted by Gasteiger charge is 2.27. The molecule has 45 heavy (non-hydrogen) atoms. The van der Waals surface area contributed by atoms with E-state index in [0.717, 1.165) is 11.2 Å². The number of aryl methyl sites for hydroxylation is 4. The number of hydrogen-bond donors (Lipinski definition) is 0. The molecule has 0 fully saturated rings. The molecule has 8 aromatic rings. The summed E-state index contributed by atoms with van der Waals surface area (Å²) in [4.78, 5) is 0. The van der Waals surface area contributed by atoms with Crippen LogP contribution >= 0.6 is 0 Å². The number of rotatable bonds is 2. The summed E-state index contributed by atoms with van der Waals surface area (Å²) in [6, 6.07) is 30.8. The van der Waals surface area contributed by atoms with Gasteiger partial charge < -0.3 is 4.42 Å². The fourth-order valence-corrected chi connectivity index (χ4v) is 8.09. The molecule has 0 amide bonds. The average molecular weight is 583 g/mol. The summed E-state index contributed by atoms with van der Waals surface area (Å²) in [6.07, 6.45) is 0. The van der Waals surface area contributed by atoms with Gasteiger partial charge in [0, 0.05) is 10.8 Å². The average Bonchev–Trinajstić information content (AvgIpc) is 3.45. The van der Waals surface area contributed by atoms with Gasteiger partial charge in [0.2, 0.25) is 0 Å². The van der Waals surface area contributed by atoms with Gasteiger partial charge in [0.05, 0.1) is 0 Å². The minimum absolute atomic E-state index is 0.931. The largest absolute Gasteiger partial charge is 0.456 e. The van der Waals surface area contributed by atoms with Crippen molar-refractivity contribution in [3.63, 3.8) is 0 Å². The zero-order chi connectivity index (χ0) is 31.3. The molecule has 0 saturated carbocycles. The Bertz CT molecular complexity index is 2470. The van der Waals surface area contributed by atoms with Crippen LogP contribution in [-0.2, 0) is 0 Å². The van der Waals surface area contributed by atoms with Crippen molar-refractivity contribution in [2.75, 3.05) is 0 Å². The van der Waals surface area contributed by atoms with Crippen molar-refractivity contribution in [2.24, 2.45) is 0 Å². The Morgan fingerprint density at radius 1 is 0.333 bits per heavy atom. The molecular weight excluding hydrogens is 544 g/mol.